The Labute approximate surface area is 156 Å². The summed E-state index contributed by atoms with van der Waals surface area (Å²) in [6.45, 7) is 1.74. The number of anilines is 1. The molecule has 3 rings (SSSR count). The maximum absolute atomic E-state index is 12.4. The van der Waals surface area contributed by atoms with Gasteiger partial charge in [0.05, 0.1) is 31.6 Å². The molecule has 0 aliphatic carbocycles. The highest BCUT2D eigenvalue weighted by atomic mass is 32.2. The second-order valence-electron chi connectivity index (χ2n) is 5.30. The number of non-ortho nitro benzene ring substituents is 1. The van der Waals surface area contributed by atoms with Crippen LogP contribution in [0.15, 0.2) is 46.8 Å². The van der Waals surface area contributed by atoms with E-state index in [2.05, 4.69) is 10.3 Å². The average Bonchev–Trinajstić information content (AvgIpc) is 3.03. The lowest BCUT2D eigenvalue weighted by Gasteiger charge is -2.11. The fraction of sp³-hybridized carbons (Fsp3) is 0.118. The van der Waals surface area contributed by atoms with Crippen LogP contribution in [0.3, 0.4) is 0 Å². The number of nitriles is 1. The number of amides is 1. The van der Waals surface area contributed by atoms with Gasteiger partial charge < -0.3 is 5.32 Å². The summed E-state index contributed by atoms with van der Waals surface area (Å²) in [7, 11) is 0. The molecule has 130 valence electrons. The molecule has 0 aliphatic heterocycles. The molecular weight excluding hydrogens is 372 g/mol. The highest BCUT2D eigenvalue weighted by Crippen LogP contribution is 2.34. The van der Waals surface area contributed by atoms with Gasteiger partial charge in [-0.15, -0.1) is 11.3 Å². The molecule has 1 aromatic heterocycles. The Hall–Kier alpha value is -2.96. The van der Waals surface area contributed by atoms with Gasteiger partial charge in [0.15, 0.2) is 4.34 Å². The van der Waals surface area contributed by atoms with Gasteiger partial charge in [0.2, 0.25) is 5.91 Å². The summed E-state index contributed by atoms with van der Waals surface area (Å²) in [6, 6.07) is 13.3. The fourth-order valence-corrected chi connectivity index (χ4v) is 4.43. The Kier molecular flexibility index (Phi) is 5.16. The number of fused-ring (bicyclic) bond motifs is 1. The molecule has 26 heavy (non-hydrogen) atoms. The number of hydrogen-bond acceptors (Lipinski definition) is 7. The molecular formula is C17H12N4O3S2. The number of thioether (sulfide) groups is 1. The van der Waals surface area contributed by atoms with Crippen LogP contribution in [0.2, 0.25) is 0 Å². The van der Waals surface area contributed by atoms with Gasteiger partial charge in [-0.1, -0.05) is 23.9 Å². The van der Waals surface area contributed by atoms with E-state index in [0.717, 1.165) is 0 Å². The van der Waals surface area contributed by atoms with Crippen molar-refractivity contribution in [2.45, 2.75) is 16.5 Å². The number of nitrogens with one attached hydrogen (secondary N) is 1. The van der Waals surface area contributed by atoms with E-state index in [-0.39, 0.29) is 11.6 Å². The van der Waals surface area contributed by atoms with Crippen molar-refractivity contribution >= 4 is 50.6 Å². The molecule has 7 nitrogen and oxygen atoms in total. The first-order valence-electron chi connectivity index (χ1n) is 7.49. The Morgan fingerprint density at radius 2 is 2.15 bits per heavy atom. The second-order valence-corrected chi connectivity index (χ2v) is 7.91. The quantitative estimate of drug-likeness (QED) is 0.401. The Bertz CT molecular complexity index is 1040. The van der Waals surface area contributed by atoms with E-state index in [4.69, 9.17) is 5.26 Å². The zero-order valence-electron chi connectivity index (χ0n) is 13.5. The van der Waals surface area contributed by atoms with Crippen molar-refractivity contribution < 1.29 is 9.72 Å². The largest absolute Gasteiger partial charge is 0.324 e. The number of carbonyl (C=O) groups excluding carboxylic acids is 1. The van der Waals surface area contributed by atoms with Crippen LogP contribution in [0.1, 0.15) is 12.5 Å². The minimum absolute atomic E-state index is 0.0107. The van der Waals surface area contributed by atoms with Gasteiger partial charge in [-0.05, 0) is 25.1 Å². The third-order valence-electron chi connectivity index (χ3n) is 3.52. The zero-order valence-corrected chi connectivity index (χ0v) is 15.1. The summed E-state index contributed by atoms with van der Waals surface area (Å²) in [4.78, 5) is 27.2. The number of carbonyl (C=O) groups is 1. The van der Waals surface area contributed by atoms with E-state index in [0.29, 0.717) is 25.8 Å². The molecule has 1 atom stereocenters. The molecule has 1 amide bonds. The van der Waals surface area contributed by atoms with Crippen molar-refractivity contribution in [1.29, 1.82) is 5.26 Å². The molecule has 0 spiro atoms. The van der Waals surface area contributed by atoms with Gasteiger partial charge in [-0.2, -0.15) is 5.26 Å². The average molecular weight is 384 g/mol. The lowest BCUT2D eigenvalue weighted by atomic mass is 10.2. The van der Waals surface area contributed by atoms with Crippen LogP contribution in [0.25, 0.3) is 10.2 Å². The normalized spacial score (nSPS) is 11.7. The van der Waals surface area contributed by atoms with Crippen LogP contribution in [-0.2, 0) is 4.79 Å². The first-order chi connectivity index (χ1) is 12.5. The van der Waals surface area contributed by atoms with Gasteiger partial charge in [-0.25, -0.2) is 4.98 Å². The van der Waals surface area contributed by atoms with E-state index in [1.165, 1.54) is 35.2 Å². The third kappa shape index (κ3) is 3.82. The lowest BCUT2D eigenvalue weighted by Crippen LogP contribution is -2.22. The SMILES string of the molecule is C[C@H](Sc1nc2ccc([N+](=O)[O-])cc2s1)C(=O)Nc1ccccc1C#N. The predicted molar refractivity (Wildman–Crippen MR) is 101 cm³/mol. The van der Waals surface area contributed by atoms with Gasteiger partial charge >= 0.3 is 0 Å². The molecule has 0 unspecified atom stereocenters. The molecule has 2 aromatic carbocycles. The fourth-order valence-electron chi connectivity index (χ4n) is 2.18. The Balaban J connectivity index is 1.74. The summed E-state index contributed by atoms with van der Waals surface area (Å²) in [5.41, 5.74) is 1.53. The molecule has 0 aliphatic rings. The molecule has 1 N–H and O–H groups in total. The Morgan fingerprint density at radius 1 is 1.38 bits per heavy atom. The first kappa shape index (κ1) is 17.8. The van der Waals surface area contributed by atoms with Crippen molar-refractivity contribution in [3.8, 4) is 6.07 Å². The zero-order chi connectivity index (χ0) is 18.7. The third-order valence-corrected chi connectivity index (χ3v) is 5.73. The number of thiazole rings is 1. The smallest absolute Gasteiger partial charge is 0.270 e. The van der Waals surface area contributed by atoms with Crippen LogP contribution < -0.4 is 5.32 Å². The van der Waals surface area contributed by atoms with Crippen LogP contribution in [0.4, 0.5) is 11.4 Å². The standard InChI is InChI=1S/C17H12N4O3S2/c1-10(16(22)19-13-5-3-2-4-11(13)9-18)25-17-20-14-7-6-12(21(23)24)8-15(14)26-17/h2-8,10H,1H3,(H,19,22)/t10-/m0/s1. The van der Waals surface area contributed by atoms with Crippen molar-refractivity contribution in [2.24, 2.45) is 0 Å². The van der Waals surface area contributed by atoms with Gasteiger partial charge in [0, 0.05) is 12.1 Å². The van der Waals surface area contributed by atoms with Crippen LogP contribution in [-0.4, -0.2) is 21.1 Å². The molecule has 1 heterocycles. The number of nitro groups is 1. The summed E-state index contributed by atoms with van der Waals surface area (Å²) < 4.78 is 1.35. The topological polar surface area (TPSA) is 109 Å². The van der Waals surface area contributed by atoms with E-state index in [9.17, 15) is 14.9 Å². The number of benzene rings is 2. The molecule has 0 saturated carbocycles. The predicted octanol–water partition coefficient (Wildman–Crippen LogP) is 4.20. The van der Waals surface area contributed by atoms with Crippen molar-refractivity contribution in [2.75, 3.05) is 5.32 Å². The van der Waals surface area contributed by atoms with Gasteiger partial charge in [0.25, 0.3) is 5.69 Å². The second kappa shape index (κ2) is 7.51. The van der Waals surface area contributed by atoms with Crippen LogP contribution in [0, 0.1) is 21.4 Å². The van der Waals surface area contributed by atoms with Crippen LogP contribution in [0.5, 0.6) is 0 Å². The molecule has 0 fully saturated rings. The van der Waals surface area contributed by atoms with E-state index in [1.54, 1.807) is 37.3 Å². The summed E-state index contributed by atoms with van der Waals surface area (Å²) in [6.07, 6.45) is 0. The van der Waals surface area contributed by atoms with Crippen molar-refractivity contribution in [1.82, 2.24) is 4.98 Å². The van der Waals surface area contributed by atoms with E-state index in [1.807, 2.05) is 6.07 Å². The van der Waals surface area contributed by atoms with Crippen molar-refractivity contribution in [3.05, 3.63) is 58.1 Å². The molecule has 0 saturated heterocycles. The summed E-state index contributed by atoms with van der Waals surface area (Å²) in [5, 5.41) is 22.2. The Morgan fingerprint density at radius 3 is 2.88 bits per heavy atom. The van der Waals surface area contributed by atoms with Crippen molar-refractivity contribution in [3.63, 3.8) is 0 Å². The summed E-state index contributed by atoms with van der Waals surface area (Å²) in [5.74, 6) is -0.247. The van der Waals surface area contributed by atoms with Crippen LogP contribution >= 0.6 is 23.1 Å². The monoisotopic (exact) mass is 384 g/mol. The highest BCUT2D eigenvalue weighted by molar-refractivity contribution is 8.02. The number of aromatic nitrogens is 1. The molecule has 9 heteroatoms. The van der Waals surface area contributed by atoms with Gasteiger partial charge in [0.1, 0.15) is 6.07 Å². The number of nitrogens with zero attached hydrogens (tertiary/aromatic N) is 3. The maximum atomic E-state index is 12.4. The number of rotatable bonds is 5. The lowest BCUT2D eigenvalue weighted by molar-refractivity contribution is -0.384. The maximum Gasteiger partial charge on any atom is 0.270 e. The molecule has 0 radical (unpaired) electrons. The van der Waals surface area contributed by atoms with E-state index >= 15 is 0 Å². The van der Waals surface area contributed by atoms with Gasteiger partial charge in [-0.3, -0.25) is 14.9 Å². The minimum Gasteiger partial charge on any atom is -0.324 e. The van der Waals surface area contributed by atoms with E-state index < -0.39 is 10.2 Å². The number of hydrogen-bond donors (Lipinski definition) is 1. The number of nitro benzene ring substituents is 1. The first-order valence-corrected chi connectivity index (χ1v) is 9.19. The minimum atomic E-state index is -0.450. The molecule has 3 aromatic rings. The summed E-state index contributed by atoms with van der Waals surface area (Å²) >= 11 is 2.57. The number of para-hydroxylation sites is 1. The highest BCUT2D eigenvalue weighted by Gasteiger charge is 2.19. The molecule has 0 bridgehead atoms.